The van der Waals surface area contributed by atoms with Crippen LogP contribution in [0.1, 0.15) is 40.4 Å². The van der Waals surface area contributed by atoms with Gasteiger partial charge in [-0.15, -0.1) is 0 Å². The smallest absolute Gasteiger partial charge is 0.434 e. The summed E-state index contributed by atoms with van der Waals surface area (Å²) < 4.78 is 9.71. The molecule has 2 N–H and O–H groups in total. The van der Waals surface area contributed by atoms with Crippen LogP contribution in [-0.2, 0) is 22.5 Å². The molecule has 2 amide bonds. The van der Waals surface area contributed by atoms with Crippen molar-refractivity contribution in [3.8, 4) is 5.75 Å². The van der Waals surface area contributed by atoms with Gasteiger partial charge in [0.2, 0.25) is 5.91 Å². The van der Waals surface area contributed by atoms with Gasteiger partial charge in [-0.1, -0.05) is 42.0 Å². The molecule has 34 heavy (non-hydrogen) atoms. The van der Waals surface area contributed by atoms with Crippen LogP contribution in [-0.4, -0.2) is 24.6 Å². The Morgan fingerprint density at radius 3 is 2.35 bits per heavy atom. The molecule has 3 rings (SSSR count). The number of rotatable bonds is 9. The second kappa shape index (κ2) is 12.2. The van der Waals surface area contributed by atoms with Crippen LogP contribution in [0.4, 0.5) is 10.5 Å². The first-order valence-electron chi connectivity index (χ1n) is 11.1. The largest absolute Gasteiger partial charge is 0.513 e. The van der Waals surface area contributed by atoms with E-state index in [0.717, 1.165) is 11.1 Å². The van der Waals surface area contributed by atoms with Gasteiger partial charge in [0.05, 0.1) is 6.61 Å². The van der Waals surface area contributed by atoms with Crippen molar-refractivity contribution in [2.24, 2.45) is 0 Å². The van der Waals surface area contributed by atoms with Gasteiger partial charge in [0.25, 0.3) is 5.91 Å². The molecule has 0 heterocycles. The number of carbonyl (C=O) groups excluding carboxylic acids is 3. The minimum absolute atomic E-state index is 0.0268. The highest BCUT2D eigenvalue weighted by molar-refractivity contribution is 6.04. The molecule has 0 aliphatic rings. The van der Waals surface area contributed by atoms with Gasteiger partial charge in [0, 0.05) is 24.2 Å². The molecular weight excluding hydrogens is 432 g/mol. The molecule has 0 aliphatic carbocycles. The third-order valence-corrected chi connectivity index (χ3v) is 4.98. The van der Waals surface area contributed by atoms with Crippen LogP contribution in [0.3, 0.4) is 0 Å². The Bertz CT molecular complexity index is 1140. The third-order valence-electron chi connectivity index (χ3n) is 4.98. The molecule has 0 spiro atoms. The monoisotopic (exact) mass is 460 g/mol. The third kappa shape index (κ3) is 7.78. The Kier molecular flexibility index (Phi) is 8.80. The normalized spacial score (nSPS) is 10.3. The summed E-state index contributed by atoms with van der Waals surface area (Å²) in [5.74, 6) is -0.0433. The van der Waals surface area contributed by atoms with Crippen molar-refractivity contribution in [1.82, 2.24) is 5.32 Å². The number of ether oxygens (including phenoxy) is 2. The molecule has 0 unspecified atom stereocenters. The fourth-order valence-electron chi connectivity index (χ4n) is 3.29. The number of hydrogen-bond acceptors (Lipinski definition) is 5. The van der Waals surface area contributed by atoms with Crippen LogP contribution in [0.25, 0.3) is 0 Å². The summed E-state index contributed by atoms with van der Waals surface area (Å²) in [5, 5.41) is 5.76. The number of aryl methyl sites for hydroxylation is 2. The molecule has 0 radical (unpaired) electrons. The molecule has 3 aromatic rings. The Hall–Kier alpha value is -4.13. The number of carbonyl (C=O) groups is 3. The van der Waals surface area contributed by atoms with Crippen LogP contribution in [0.15, 0.2) is 72.8 Å². The first kappa shape index (κ1) is 24.5. The maximum atomic E-state index is 12.6. The zero-order chi connectivity index (χ0) is 24.3. The van der Waals surface area contributed by atoms with E-state index in [9.17, 15) is 14.4 Å². The van der Waals surface area contributed by atoms with Crippen LogP contribution < -0.4 is 15.4 Å². The Labute approximate surface area is 199 Å². The minimum atomic E-state index is -0.793. The topological polar surface area (TPSA) is 93.7 Å². The molecule has 0 saturated carbocycles. The lowest BCUT2D eigenvalue weighted by Crippen LogP contribution is -2.23. The van der Waals surface area contributed by atoms with E-state index in [-0.39, 0.29) is 24.2 Å². The van der Waals surface area contributed by atoms with E-state index in [2.05, 4.69) is 16.7 Å². The van der Waals surface area contributed by atoms with E-state index in [1.54, 1.807) is 25.1 Å². The number of amides is 2. The summed E-state index contributed by atoms with van der Waals surface area (Å²) in [5.41, 5.74) is 4.22. The highest BCUT2D eigenvalue weighted by atomic mass is 16.7. The lowest BCUT2D eigenvalue weighted by atomic mass is 10.1. The zero-order valence-corrected chi connectivity index (χ0v) is 19.3. The van der Waals surface area contributed by atoms with Crippen molar-refractivity contribution >= 4 is 23.7 Å². The SMILES string of the molecule is CCOC(=O)Oc1ccc(C(=O)Nc2cccc(CNC(=O)CCc3cccc(C)c3)c2)cc1. The second-order valence-electron chi connectivity index (χ2n) is 7.73. The quantitative estimate of drug-likeness (QED) is 0.345. The summed E-state index contributed by atoms with van der Waals surface area (Å²) >= 11 is 0. The first-order chi connectivity index (χ1) is 16.4. The van der Waals surface area contributed by atoms with Gasteiger partial charge in [0.1, 0.15) is 5.75 Å². The number of hydrogen-bond donors (Lipinski definition) is 2. The summed E-state index contributed by atoms with van der Waals surface area (Å²) in [6.07, 6.45) is 0.307. The molecule has 7 nitrogen and oxygen atoms in total. The average molecular weight is 461 g/mol. The summed E-state index contributed by atoms with van der Waals surface area (Å²) in [6.45, 7) is 4.31. The van der Waals surface area contributed by atoms with E-state index in [1.807, 2.05) is 43.3 Å². The summed E-state index contributed by atoms with van der Waals surface area (Å²) in [7, 11) is 0. The maximum Gasteiger partial charge on any atom is 0.513 e. The molecule has 0 saturated heterocycles. The highest BCUT2D eigenvalue weighted by Crippen LogP contribution is 2.16. The number of benzene rings is 3. The maximum absolute atomic E-state index is 12.6. The predicted octanol–water partition coefficient (Wildman–Crippen LogP) is 5.03. The molecule has 3 aromatic carbocycles. The van der Waals surface area contributed by atoms with E-state index in [0.29, 0.717) is 30.6 Å². The van der Waals surface area contributed by atoms with Gasteiger partial charge in [0.15, 0.2) is 0 Å². The Morgan fingerprint density at radius 1 is 0.882 bits per heavy atom. The van der Waals surface area contributed by atoms with Crippen molar-refractivity contribution in [3.05, 3.63) is 95.1 Å². The fraction of sp³-hybridized carbons (Fsp3) is 0.222. The van der Waals surface area contributed by atoms with Crippen LogP contribution in [0, 0.1) is 6.92 Å². The molecule has 7 heteroatoms. The van der Waals surface area contributed by atoms with Crippen molar-refractivity contribution in [3.63, 3.8) is 0 Å². The van der Waals surface area contributed by atoms with E-state index in [1.165, 1.54) is 17.7 Å². The number of anilines is 1. The van der Waals surface area contributed by atoms with Gasteiger partial charge in [-0.05, 0) is 67.8 Å². The summed E-state index contributed by atoms with van der Waals surface area (Å²) in [4.78, 5) is 36.2. The summed E-state index contributed by atoms with van der Waals surface area (Å²) in [6, 6.07) is 21.6. The number of nitrogens with one attached hydrogen (secondary N) is 2. The fourth-order valence-corrected chi connectivity index (χ4v) is 3.29. The van der Waals surface area contributed by atoms with Gasteiger partial charge >= 0.3 is 6.16 Å². The molecule has 0 atom stereocenters. The van der Waals surface area contributed by atoms with Crippen molar-refractivity contribution in [2.75, 3.05) is 11.9 Å². The van der Waals surface area contributed by atoms with Gasteiger partial charge < -0.3 is 20.1 Å². The van der Waals surface area contributed by atoms with E-state index < -0.39 is 6.16 Å². The predicted molar refractivity (Wildman–Crippen MR) is 130 cm³/mol. The second-order valence-corrected chi connectivity index (χ2v) is 7.73. The van der Waals surface area contributed by atoms with Crippen LogP contribution >= 0.6 is 0 Å². The van der Waals surface area contributed by atoms with Crippen LogP contribution in [0.5, 0.6) is 5.75 Å². The van der Waals surface area contributed by atoms with E-state index >= 15 is 0 Å². The molecule has 0 fully saturated rings. The van der Waals surface area contributed by atoms with Crippen molar-refractivity contribution in [1.29, 1.82) is 0 Å². The van der Waals surface area contributed by atoms with E-state index in [4.69, 9.17) is 9.47 Å². The first-order valence-corrected chi connectivity index (χ1v) is 11.1. The Morgan fingerprint density at radius 2 is 1.62 bits per heavy atom. The van der Waals surface area contributed by atoms with Crippen molar-refractivity contribution < 1.29 is 23.9 Å². The molecular formula is C27H28N2O5. The Balaban J connectivity index is 1.49. The molecule has 0 bridgehead atoms. The lowest BCUT2D eigenvalue weighted by molar-refractivity contribution is -0.121. The van der Waals surface area contributed by atoms with Crippen molar-refractivity contribution in [2.45, 2.75) is 33.2 Å². The molecule has 0 aliphatic heterocycles. The average Bonchev–Trinajstić information content (AvgIpc) is 2.82. The standard InChI is InChI=1S/C27H28N2O5/c1-3-33-27(32)34-24-13-11-22(12-14-24)26(31)29-23-9-5-8-21(17-23)18-28-25(30)15-10-20-7-4-6-19(2)16-20/h4-9,11-14,16-17H,3,10,15,18H2,1-2H3,(H,28,30)(H,29,31). The van der Waals surface area contributed by atoms with Gasteiger partial charge in [-0.3, -0.25) is 9.59 Å². The molecule has 0 aromatic heterocycles. The van der Waals surface area contributed by atoms with Gasteiger partial charge in [-0.2, -0.15) is 0 Å². The van der Waals surface area contributed by atoms with Crippen LogP contribution in [0.2, 0.25) is 0 Å². The highest BCUT2D eigenvalue weighted by Gasteiger charge is 2.10. The lowest BCUT2D eigenvalue weighted by Gasteiger charge is -2.10. The minimum Gasteiger partial charge on any atom is -0.434 e. The molecule has 176 valence electrons. The zero-order valence-electron chi connectivity index (χ0n) is 19.3. The van der Waals surface area contributed by atoms with Gasteiger partial charge in [-0.25, -0.2) is 4.79 Å².